The second-order valence-corrected chi connectivity index (χ2v) is 7.61. The number of carbonyl (C=O) groups is 1. The van der Waals surface area contributed by atoms with Gasteiger partial charge in [-0.25, -0.2) is 0 Å². The molecule has 2 aromatic rings. The highest BCUT2D eigenvalue weighted by molar-refractivity contribution is 5.93. The first-order chi connectivity index (χ1) is 13.6. The zero-order valence-corrected chi connectivity index (χ0v) is 17.0. The van der Waals surface area contributed by atoms with E-state index in [0.717, 1.165) is 50.4 Å². The number of carbonyl (C=O) groups excluding carboxylic acids is 1. The van der Waals surface area contributed by atoms with Crippen LogP contribution in [0.25, 0.3) is 6.08 Å². The van der Waals surface area contributed by atoms with Crippen LogP contribution in [-0.4, -0.2) is 55.0 Å². The van der Waals surface area contributed by atoms with Gasteiger partial charge in [-0.15, -0.1) is 0 Å². The summed E-state index contributed by atoms with van der Waals surface area (Å²) in [5.41, 5.74) is 4.48. The Kier molecular flexibility index (Phi) is 7.40. The van der Waals surface area contributed by atoms with Crippen LogP contribution in [0.1, 0.15) is 23.1 Å². The number of hydrogen-bond acceptors (Lipinski definition) is 3. The van der Waals surface area contributed by atoms with Crippen molar-refractivity contribution in [3.8, 4) is 0 Å². The first-order valence-corrected chi connectivity index (χ1v) is 10.1. The van der Waals surface area contributed by atoms with Crippen LogP contribution in [0, 0.1) is 13.8 Å². The fourth-order valence-corrected chi connectivity index (χ4v) is 3.61. The van der Waals surface area contributed by atoms with Gasteiger partial charge in [0.05, 0.1) is 6.54 Å². The lowest BCUT2D eigenvalue weighted by Gasteiger charge is -2.20. The van der Waals surface area contributed by atoms with Crippen LogP contribution < -0.4 is 5.32 Å². The summed E-state index contributed by atoms with van der Waals surface area (Å²) < 4.78 is 0. The van der Waals surface area contributed by atoms with E-state index < -0.39 is 0 Å². The molecule has 1 aliphatic heterocycles. The molecule has 1 N–H and O–H groups in total. The molecular weight excluding hydrogens is 346 g/mol. The lowest BCUT2D eigenvalue weighted by Crippen LogP contribution is -2.36. The summed E-state index contributed by atoms with van der Waals surface area (Å²) in [5, 5.41) is 3.06. The average molecular weight is 378 g/mol. The number of amides is 1. The van der Waals surface area contributed by atoms with Crippen LogP contribution in [0.3, 0.4) is 0 Å². The van der Waals surface area contributed by atoms with E-state index in [0.29, 0.717) is 6.54 Å². The SMILES string of the molecule is Cc1ccc(NC(=O)CN2CCCN(C/C=C/c3ccccc3)CC2)c(C)c1. The van der Waals surface area contributed by atoms with Crippen LogP contribution in [0.2, 0.25) is 0 Å². The molecule has 0 unspecified atom stereocenters. The van der Waals surface area contributed by atoms with Crippen LogP contribution >= 0.6 is 0 Å². The molecule has 2 aromatic carbocycles. The number of nitrogens with zero attached hydrogens (tertiary/aromatic N) is 2. The van der Waals surface area contributed by atoms with Gasteiger partial charge in [-0.05, 0) is 50.6 Å². The van der Waals surface area contributed by atoms with E-state index in [4.69, 9.17) is 0 Å². The molecular formula is C24H31N3O. The van der Waals surface area contributed by atoms with Gasteiger partial charge in [0.2, 0.25) is 5.91 Å². The van der Waals surface area contributed by atoms with Gasteiger partial charge in [-0.1, -0.05) is 60.2 Å². The van der Waals surface area contributed by atoms with Crippen molar-refractivity contribution in [1.82, 2.24) is 9.80 Å². The summed E-state index contributed by atoms with van der Waals surface area (Å²) in [6, 6.07) is 16.5. The summed E-state index contributed by atoms with van der Waals surface area (Å²) >= 11 is 0. The molecule has 3 rings (SSSR count). The Bertz CT molecular complexity index is 801. The topological polar surface area (TPSA) is 35.6 Å². The third-order valence-electron chi connectivity index (χ3n) is 5.18. The molecule has 0 spiro atoms. The normalized spacial score (nSPS) is 16.2. The second-order valence-electron chi connectivity index (χ2n) is 7.61. The van der Waals surface area contributed by atoms with E-state index in [1.54, 1.807) is 0 Å². The molecule has 0 aromatic heterocycles. The minimum atomic E-state index is 0.0735. The number of anilines is 1. The average Bonchev–Trinajstić information content (AvgIpc) is 2.90. The Morgan fingerprint density at radius 1 is 1.00 bits per heavy atom. The molecule has 0 radical (unpaired) electrons. The van der Waals surface area contributed by atoms with Crippen molar-refractivity contribution >= 4 is 17.7 Å². The molecule has 0 bridgehead atoms. The highest BCUT2D eigenvalue weighted by Gasteiger charge is 2.16. The smallest absolute Gasteiger partial charge is 0.238 e. The summed E-state index contributed by atoms with van der Waals surface area (Å²) in [6.45, 7) is 9.49. The molecule has 4 nitrogen and oxygen atoms in total. The lowest BCUT2D eigenvalue weighted by atomic mass is 10.1. The fraction of sp³-hybridized carbons (Fsp3) is 0.375. The van der Waals surface area contributed by atoms with E-state index in [2.05, 4.69) is 64.5 Å². The van der Waals surface area contributed by atoms with Gasteiger partial charge >= 0.3 is 0 Å². The van der Waals surface area contributed by atoms with E-state index >= 15 is 0 Å². The third kappa shape index (κ3) is 6.32. The van der Waals surface area contributed by atoms with E-state index in [1.807, 2.05) is 25.1 Å². The van der Waals surface area contributed by atoms with Crippen molar-refractivity contribution in [3.63, 3.8) is 0 Å². The molecule has 28 heavy (non-hydrogen) atoms. The van der Waals surface area contributed by atoms with Gasteiger partial charge in [-0.2, -0.15) is 0 Å². The largest absolute Gasteiger partial charge is 0.325 e. The monoisotopic (exact) mass is 377 g/mol. The van der Waals surface area contributed by atoms with E-state index in [-0.39, 0.29) is 5.91 Å². The Hall–Kier alpha value is -2.43. The highest BCUT2D eigenvalue weighted by atomic mass is 16.2. The molecule has 4 heteroatoms. The maximum Gasteiger partial charge on any atom is 0.238 e. The Balaban J connectivity index is 1.44. The summed E-state index contributed by atoms with van der Waals surface area (Å²) in [7, 11) is 0. The molecule has 0 atom stereocenters. The maximum absolute atomic E-state index is 12.5. The van der Waals surface area contributed by atoms with Gasteiger partial charge in [0, 0.05) is 25.3 Å². The quantitative estimate of drug-likeness (QED) is 0.828. The van der Waals surface area contributed by atoms with E-state index in [9.17, 15) is 4.79 Å². The van der Waals surface area contributed by atoms with Crippen molar-refractivity contribution in [3.05, 3.63) is 71.3 Å². The Labute approximate surface area is 168 Å². The molecule has 1 fully saturated rings. The molecule has 1 saturated heterocycles. The number of hydrogen-bond donors (Lipinski definition) is 1. The molecule has 1 amide bonds. The van der Waals surface area contributed by atoms with Gasteiger partial charge in [0.25, 0.3) is 0 Å². The minimum Gasteiger partial charge on any atom is -0.325 e. The van der Waals surface area contributed by atoms with Gasteiger partial charge < -0.3 is 5.32 Å². The second kappa shape index (κ2) is 10.2. The molecule has 148 valence electrons. The number of nitrogens with one attached hydrogen (secondary N) is 1. The Morgan fingerprint density at radius 2 is 1.75 bits per heavy atom. The predicted octanol–water partition coefficient (Wildman–Crippen LogP) is 3.96. The fourth-order valence-electron chi connectivity index (χ4n) is 3.61. The summed E-state index contributed by atoms with van der Waals surface area (Å²) in [5.74, 6) is 0.0735. The van der Waals surface area contributed by atoms with Crippen LogP contribution in [-0.2, 0) is 4.79 Å². The van der Waals surface area contributed by atoms with Gasteiger partial charge in [-0.3, -0.25) is 14.6 Å². The van der Waals surface area contributed by atoms with Crippen LogP contribution in [0.5, 0.6) is 0 Å². The predicted molar refractivity (Wildman–Crippen MR) is 118 cm³/mol. The first-order valence-electron chi connectivity index (χ1n) is 10.1. The molecule has 1 heterocycles. The van der Waals surface area contributed by atoms with Crippen molar-refractivity contribution in [2.24, 2.45) is 0 Å². The Morgan fingerprint density at radius 3 is 2.54 bits per heavy atom. The van der Waals surface area contributed by atoms with Crippen LogP contribution in [0.4, 0.5) is 5.69 Å². The van der Waals surface area contributed by atoms with Crippen molar-refractivity contribution in [2.45, 2.75) is 20.3 Å². The lowest BCUT2D eigenvalue weighted by molar-refractivity contribution is -0.117. The number of rotatable bonds is 6. The zero-order chi connectivity index (χ0) is 19.8. The maximum atomic E-state index is 12.5. The van der Waals surface area contributed by atoms with Crippen LogP contribution in [0.15, 0.2) is 54.6 Å². The number of aryl methyl sites for hydroxylation is 2. The standard InChI is InChI=1S/C24H31N3O/c1-20-11-12-23(21(2)18-20)25-24(28)19-27-15-7-14-26(16-17-27)13-6-10-22-8-4-3-5-9-22/h3-6,8-12,18H,7,13-17,19H2,1-2H3,(H,25,28)/b10-6+. The van der Waals surface area contributed by atoms with Gasteiger partial charge in [0.15, 0.2) is 0 Å². The minimum absolute atomic E-state index is 0.0735. The number of benzene rings is 2. The first kappa shape index (κ1) is 20.3. The third-order valence-corrected chi connectivity index (χ3v) is 5.18. The molecule has 0 saturated carbocycles. The van der Waals surface area contributed by atoms with Crippen molar-refractivity contribution in [2.75, 3.05) is 44.6 Å². The molecule has 0 aliphatic carbocycles. The van der Waals surface area contributed by atoms with Gasteiger partial charge in [0.1, 0.15) is 0 Å². The van der Waals surface area contributed by atoms with Crippen molar-refractivity contribution < 1.29 is 4.79 Å². The highest BCUT2D eigenvalue weighted by Crippen LogP contribution is 2.16. The van der Waals surface area contributed by atoms with Crippen molar-refractivity contribution in [1.29, 1.82) is 0 Å². The zero-order valence-electron chi connectivity index (χ0n) is 17.0. The summed E-state index contributed by atoms with van der Waals surface area (Å²) in [4.78, 5) is 17.2. The summed E-state index contributed by atoms with van der Waals surface area (Å²) in [6.07, 6.45) is 5.51. The molecule has 1 aliphatic rings. The van der Waals surface area contributed by atoms with E-state index in [1.165, 1.54) is 11.1 Å².